The van der Waals surface area contributed by atoms with Crippen molar-refractivity contribution in [1.82, 2.24) is 19.9 Å². The first-order valence-electron chi connectivity index (χ1n) is 8.98. The molecular formula is C19H20N4O2. The SMILES string of the molecule is O=C([C@H]1CC12CCC2)N1CCc2c(nc(-c3cccnc3)[nH]c2=O)C1. The molecule has 6 nitrogen and oxygen atoms in total. The van der Waals surface area contributed by atoms with Crippen LogP contribution in [0.15, 0.2) is 29.3 Å². The average Bonchev–Trinajstić information content (AvgIpc) is 3.38. The lowest BCUT2D eigenvalue weighted by Crippen LogP contribution is -2.41. The summed E-state index contributed by atoms with van der Waals surface area (Å²) in [5.74, 6) is 0.992. The minimum absolute atomic E-state index is 0.0992. The van der Waals surface area contributed by atoms with Crippen LogP contribution < -0.4 is 5.56 Å². The van der Waals surface area contributed by atoms with E-state index in [1.54, 1.807) is 12.4 Å². The van der Waals surface area contributed by atoms with Gasteiger partial charge in [0.2, 0.25) is 5.91 Å². The molecule has 1 N–H and O–H groups in total. The molecule has 2 aromatic rings. The van der Waals surface area contributed by atoms with Crippen molar-refractivity contribution in [3.8, 4) is 11.4 Å². The molecule has 6 heteroatoms. The predicted molar refractivity (Wildman–Crippen MR) is 91.6 cm³/mol. The van der Waals surface area contributed by atoms with E-state index in [4.69, 9.17) is 0 Å². The number of carbonyl (C=O) groups is 1. The summed E-state index contributed by atoms with van der Waals surface area (Å²) in [5, 5.41) is 0. The monoisotopic (exact) mass is 336 g/mol. The molecule has 1 spiro atoms. The number of pyridine rings is 1. The fourth-order valence-corrected chi connectivity index (χ4v) is 4.37. The second-order valence-electron chi connectivity index (χ2n) is 7.56. The van der Waals surface area contributed by atoms with E-state index in [0.717, 1.165) is 17.7 Å². The van der Waals surface area contributed by atoms with Gasteiger partial charge in [0.25, 0.3) is 5.56 Å². The van der Waals surface area contributed by atoms with E-state index in [-0.39, 0.29) is 17.4 Å². The van der Waals surface area contributed by atoms with Crippen LogP contribution in [0.2, 0.25) is 0 Å². The zero-order valence-electron chi connectivity index (χ0n) is 14.0. The van der Waals surface area contributed by atoms with Gasteiger partial charge in [-0.3, -0.25) is 14.6 Å². The van der Waals surface area contributed by atoms with Crippen LogP contribution in [0, 0.1) is 11.3 Å². The molecule has 0 radical (unpaired) electrons. The molecule has 2 saturated carbocycles. The summed E-state index contributed by atoms with van der Waals surface area (Å²) in [6.45, 7) is 1.06. The maximum atomic E-state index is 12.8. The van der Waals surface area contributed by atoms with Gasteiger partial charge in [-0.05, 0) is 43.2 Å². The Morgan fingerprint density at radius 3 is 2.92 bits per heavy atom. The molecule has 0 saturated heterocycles. The van der Waals surface area contributed by atoms with E-state index in [1.165, 1.54) is 19.3 Å². The van der Waals surface area contributed by atoms with Gasteiger partial charge in [-0.2, -0.15) is 0 Å². The average molecular weight is 336 g/mol. The smallest absolute Gasteiger partial charge is 0.254 e. The lowest BCUT2D eigenvalue weighted by molar-refractivity contribution is -0.135. The summed E-state index contributed by atoms with van der Waals surface area (Å²) in [6, 6.07) is 3.68. The highest BCUT2D eigenvalue weighted by molar-refractivity contribution is 5.83. The maximum Gasteiger partial charge on any atom is 0.254 e. The van der Waals surface area contributed by atoms with E-state index in [0.29, 0.717) is 36.3 Å². The van der Waals surface area contributed by atoms with Crippen LogP contribution in [0.4, 0.5) is 0 Å². The third-order valence-corrected chi connectivity index (χ3v) is 6.16. The van der Waals surface area contributed by atoms with Crippen molar-refractivity contribution in [2.24, 2.45) is 11.3 Å². The molecule has 2 fully saturated rings. The number of amides is 1. The number of nitrogens with one attached hydrogen (secondary N) is 1. The summed E-state index contributed by atoms with van der Waals surface area (Å²) >= 11 is 0. The van der Waals surface area contributed by atoms with E-state index < -0.39 is 0 Å². The first-order chi connectivity index (χ1) is 12.2. The highest BCUT2D eigenvalue weighted by Gasteiger charge is 2.61. The summed E-state index contributed by atoms with van der Waals surface area (Å²) in [6.07, 6.45) is 8.68. The molecule has 3 aliphatic rings. The van der Waals surface area contributed by atoms with Crippen LogP contribution in [-0.2, 0) is 17.8 Å². The largest absolute Gasteiger partial charge is 0.336 e. The standard InChI is InChI=1S/C19H20N4O2/c24-17-13-4-8-23(18(25)14-9-19(14)5-2-6-19)11-15(13)21-16(22-17)12-3-1-7-20-10-12/h1,3,7,10,14H,2,4-6,8-9,11H2,(H,21,22,24)/t14-/m1/s1. The molecule has 0 unspecified atom stereocenters. The van der Waals surface area contributed by atoms with Gasteiger partial charge >= 0.3 is 0 Å². The molecule has 25 heavy (non-hydrogen) atoms. The summed E-state index contributed by atoms with van der Waals surface area (Å²) in [7, 11) is 0. The normalized spacial score (nSPS) is 23.0. The number of nitrogens with zero attached hydrogens (tertiary/aromatic N) is 3. The van der Waals surface area contributed by atoms with Crippen molar-refractivity contribution in [3.05, 3.63) is 46.1 Å². The number of aromatic amines is 1. The molecule has 1 amide bonds. The third-order valence-electron chi connectivity index (χ3n) is 6.16. The molecule has 1 aliphatic heterocycles. The Labute approximate surface area is 145 Å². The number of hydrogen-bond donors (Lipinski definition) is 1. The van der Waals surface area contributed by atoms with Crippen LogP contribution >= 0.6 is 0 Å². The van der Waals surface area contributed by atoms with E-state index in [1.807, 2.05) is 17.0 Å². The lowest BCUT2D eigenvalue weighted by atomic mass is 9.79. The van der Waals surface area contributed by atoms with Crippen molar-refractivity contribution < 1.29 is 4.79 Å². The van der Waals surface area contributed by atoms with Crippen LogP contribution in [0.1, 0.15) is 36.9 Å². The molecular weight excluding hydrogens is 316 g/mol. The first-order valence-corrected chi connectivity index (χ1v) is 8.98. The van der Waals surface area contributed by atoms with Crippen molar-refractivity contribution in [3.63, 3.8) is 0 Å². The van der Waals surface area contributed by atoms with Gasteiger partial charge in [0.05, 0.1) is 12.2 Å². The first kappa shape index (κ1) is 14.8. The molecule has 2 aliphatic carbocycles. The van der Waals surface area contributed by atoms with E-state index in [2.05, 4.69) is 15.0 Å². The summed E-state index contributed by atoms with van der Waals surface area (Å²) < 4.78 is 0. The van der Waals surface area contributed by atoms with Gasteiger partial charge in [-0.25, -0.2) is 4.98 Å². The number of H-pyrrole nitrogens is 1. The lowest BCUT2D eigenvalue weighted by Gasteiger charge is -2.31. The molecule has 3 heterocycles. The number of fused-ring (bicyclic) bond motifs is 1. The topological polar surface area (TPSA) is 79.0 Å². The number of rotatable bonds is 2. The zero-order chi connectivity index (χ0) is 17.0. The predicted octanol–water partition coefficient (Wildman–Crippen LogP) is 1.91. The fraction of sp³-hybridized carbons (Fsp3) is 0.474. The highest BCUT2D eigenvalue weighted by atomic mass is 16.2. The Morgan fingerprint density at radius 1 is 1.36 bits per heavy atom. The van der Waals surface area contributed by atoms with E-state index >= 15 is 0 Å². The number of hydrogen-bond acceptors (Lipinski definition) is 4. The van der Waals surface area contributed by atoms with Gasteiger partial charge in [-0.1, -0.05) is 6.42 Å². The molecule has 0 bridgehead atoms. The van der Waals surface area contributed by atoms with Crippen LogP contribution in [0.25, 0.3) is 11.4 Å². The Hall–Kier alpha value is -2.50. The quantitative estimate of drug-likeness (QED) is 0.908. The molecule has 1 atom stereocenters. The van der Waals surface area contributed by atoms with Crippen LogP contribution in [0.5, 0.6) is 0 Å². The van der Waals surface area contributed by atoms with Gasteiger partial charge in [-0.15, -0.1) is 0 Å². The second kappa shape index (κ2) is 5.25. The van der Waals surface area contributed by atoms with Gasteiger partial charge in [0.15, 0.2) is 0 Å². The van der Waals surface area contributed by atoms with Gasteiger partial charge in [0, 0.05) is 36.0 Å². The van der Waals surface area contributed by atoms with Crippen LogP contribution in [0.3, 0.4) is 0 Å². The number of carbonyl (C=O) groups excluding carboxylic acids is 1. The number of aromatic nitrogens is 3. The van der Waals surface area contributed by atoms with E-state index in [9.17, 15) is 9.59 Å². The summed E-state index contributed by atoms with van der Waals surface area (Å²) in [5.41, 5.74) is 2.45. The maximum absolute atomic E-state index is 12.8. The van der Waals surface area contributed by atoms with Crippen molar-refractivity contribution in [2.75, 3.05) is 6.54 Å². The fourth-order valence-electron chi connectivity index (χ4n) is 4.37. The molecule has 128 valence electrons. The van der Waals surface area contributed by atoms with Gasteiger partial charge < -0.3 is 9.88 Å². The minimum atomic E-state index is -0.0992. The molecule has 5 rings (SSSR count). The van der Waals surface area contributed by atoms with Crippen molar-refractivity contribution >= 4 is 5.91 Å². The second-order valence-corrected chi connectivity index (χ2v) is 7.56. The van der Waals surface area contributed by atoms with Crippen molar-refractivity contribution in [2.45, 2.75) is 38.6 Å². The summed E-state index contributed by atoms with van der Waals surface area (Å²) in [4.78, 5) is 38.7. The van der Waals surface area contributed by atoms with Crippen molar-refractivity contribution in [1.29, 1.82) is 0 Å². The Bertz CT molecular complexity index is 901. The highest BCUT2D eigenvalue weighted by Crippen LogP contribution is 2.66. The zero-order valence-corrected chi connectivity index (χ0v) is 14.0. The minimum Gasteiger partial charge on any atom is -0.336 e. The molecule has 2 aromatic heterocycles. The Morgan fingerprint density at radius 2 is 2.24 bits per heavy atom. The van der Waals surface area contributed by atoms with Gasteiger partial charge in [0.1, 0.15) is 5.82 Å². The third kappa shape index (κ3) is 2.31. The van der Waals surface area contributed by atoms with Crippen LogP contribution in [-0.4, -0.2) is 32.3 Å². The molecule has 0 aromatic carbocycles. The Balaban J connectivity index is 1.42. The Kier molecular flexibility index (Phi) is 3.11.